The zero-order chi connectivity index (χ0) is 22.5. The molecule has 0 amide bonds. The average molecular weight is 477 g/mol. The summed E-state index contributed by atoms with van der Waals surface area (Å²) in [6, 6.07) is 4.14. The molecular weight excluding hydrogens is 460 g/mol. The van der Waals surface area contributed by atoms with Crippen LogP contribution in [0.4, 0.5) is 0 Å². The van der Waals surface area contributed by atoms with Gasteiger partial charge in [-0.2, -0.15) is 0 Å². The Labute approximate surface area is 203 Å². The van der Waals surface area contributed by atoms with E-state index in [-0.39, 0.29) is 0 Å². The molecule has 7 rings (SSSR count). The Balaban J connectivity index is 1.45. The molecule has 2 aromatic rings. The average Bonchev–Trinajstić information content (AvgIpc) is 3.67. The first-order valence-electron chi connectivity index (χ1n) is 10.7. The molecule has 0 aromatic carbocycles. The first kappa shape index (κ1) is 19.5. The standard InChI is InChI=1S/C26H16N6S2/c1-5-19-23(25-27-9-11-33-25)20-7-3-17(31-20)14-18-4-8-22(32-18)24(26-28-10-12-34-26)21-6-2-16(30-21)13-15(1)29-19/h1-14,27,30H. The predicted molar refractivity (Wildman–Crippen MR) is 142 cm³/mol. The van der Waals surface area contributed by atoms with E-state index in [4.69, 9.17) is 15.0 Å². The van der Waals surface area contributed by atoms with E-state index in [9.17, 15) is 0 Å². The second kappa shape index (κ2) is 7.79. The van der Waals surface area contributed by atoms with Crippen molar-refractivity contribution in [3.05, 3.63) is 122 Å². The third-order valence-corrected chi connectivity index (χ3v) is 7.29. The molecule has 2 aromatic heterocycles. The van der Waals surface area contributed by atoms with Gasteiger partial charge in [-0.15, -0.1) is 11.3 Å². The minimum Gasteiger partial charge on any atom is -0.355 e. The van der Waals surface area contributed by atoms with Crippen LogP contribution >= 0.6 is 23.1 Å². The molecule has 8 bridgehead atoms. The number of thioether (sulfide) groups is 1. The number of allylic oxidation sites excluding steroid dienone is 8. The van der Waals surface area contributed by atoms with Crippen LogP contribution in [0, 0.1) is 0 Å². The highest BCUT2D eigenvalue weighted by Crippen LogP contribution is 2.33. The monoisotopic (exact) mass is 476 g/mol. The van der Waals surface area contributed by atoms with Crippen molar-refractivity contribution < 1.29 is 0 Å². The number of aliphatic imine (C=N–C) groups is 3. The highest BCUT2D eigenvalue weighted by molar-refractivity contribution is 8.06. The van der Waals surface area contributed by atoms with Crippen LogP contribution in [-0.2, 0) is 0 Å². The Bertz CT molecular complexity index is 1570. The van der Waals surface area contributed by atoms with Crippen molar-refractivity contribution >= 4 is 51.9 Å². The van der Waals surface area contributed by atoms with Crippen LogP contribution in [-0.4, -0.2) is 27.1 Å². The predicted octanol–water partition coefficient (Wildman–Crippen LogP) is 5.52. The molecule has 5 aliphatic rings. The fraction of sp³-hybridized carbons (Fsp3) is 0. The number of hydrogen-bond acceptors (Lipinski definition) is 7. The van der Waals surface area contributed by atoms with Gasteiger partial charge >= 0.3 is 0 Å². The van der Waals surface area contributed by atoms with E-state index in [1.165, 1.54) is 0 Å². The van der Waals surface area contributed by atoms with E-state index in [1.807, 2.05) is 65.7 Å². The molecule has 5 aliphatic heterocycles. The Hall–Kier alpha value is -4.01. The smallest absolute Gasteiger partial charge is 0.127 e. The van der Waals surface area contributed by atoms with Crippen LogP contribution in [0.25, 0.3) is 11.6 Å². The topological polar surface area (TPSA) is 77.8 Å². The third kappa shape index (κ3) is 3.35. The van der Waals surface area contributed by atoms with Crippen molar-refractivity contribution in [3.8, 4) is 0 Å². The molecule has 0 atom stereocenters. The molecule has 7 heterocycles. The van der Waals surface area contributed by atoms with E-state index in [1.54, 1.807) is 23.1 Å². The molecule has 2 N–H and O–H groups in total. The zero-order valence-electron chi connectivity index (χ0n) is 17.7. The van der Waals surface area contributed by atoms with Crippen molar-refractivity contribution in [1.29, 1.82) is 0 Å². The van der Waals surface area contributed by atoms with Crippen LogP contribution in [0.2, 0.25) is 0 Å². The number of hydrogen-bond donors (Lipinski definition) is 2. The van der Waals surface area contributed by atoms with Crippen molar-refractivity contribution in [2.24, 2.45) is 15.0 Å². The lowest BCUT2D eigenvalue weighted by molar-refractivity contribution is 1.18. The molecule has 0 saturated heterocycles. The van der Waals surface area contributed by atoms with Gasteiger partial charge in [0.15, 0.2) is 0 Å². The van der Waals surface area contributed by atoms with Gasteiger partial charge in [-0.3, -0.25) is 0 Å². The first-order chi connectivity index (χ1) is 16.8. The highest BCUT2D eigenvalue weighted by Gasteiger charge is 2.23. The Morgan fingerprint density at radius 3 is 2.41 bits per heavy atom. The first-order valence-corrected chi connectivity index (χ1v) is 12.5. The Morgan fingerprint density at radius 1 is 0.794 bits per heavy atom. The van der Waals surface area contributed by atoms with Gasteiger partial charge < -0.3 is 10.3 Å². The summed E-state index contributed by atoms with van der Waals surface area (Å²) in [5.41, 5.74) is 9.16. The van der Waals surface area contributed by atoms with E-state index >= 15 is 0 Å². The maximum atomic E-state index is 4.92. The maximum absolute atomic E-state index is 4.92. The van der Waals surface area contributed by atoms with Crippen LogP contribution in [0.3, 0.4) is 0 Å². The SMILES string of the molecule is C1=CSC(=C2C3=NC(=CC4=NC(=C(c5nccs5)c5ccc([nH]5)C=C5C=CC2=N5)C=C4)C=C3)N1. The summed E-state index contributed by atoms with van der Waals surface area (Å²) in [6.07, 6.45) is 20.0. The number of aromatic nitrogens is 2. The number of nitrogens with one attached hydrogen (secondary N) is 2. The second-order valence-corrected chi connectivity index (χ2v) is 9.67. The number of H-pyrrole nitrogens is 1. The maximum Gasteiger partial charge on any atom is 0.127 e. The minimum absolute atomic E-state index is 0.858. The summed E-state index contributed by atoms with van der Waals surface area (Å²) in [4.78, 5) is 22.8. The van der Waals surface area contributed by atoms with Gasteiger partial charge in [-0.25, -0.2) is 20.0 Å². The number of nitrogens with zero attached hydrogens (tertiary/aromatic N) is 4. The summed E-state index contributed by atoms with van der Waals surface area (Å²) in [7, 11) is 0. The van der Waals surface area contributed by atoms with Gasteiger partial charge in [0.2, 0.25) is 0 Å². The van der Waals surface area contributed by atoms with Gasteiger partial charge in [0, 0.05) is 23.5 Å². The van der Waals surface area contributed by atoms with E-state index < -0.39 is 0 Å². The molecule has 162 valence electrons. The van der Waals surface area contributed by atoms with Gasteiger partial charge in [0.1, 0.15) is 5.01 Å². The molecule has 0 aliphatic carbocycles. The summed E-state index contributed by atoms with van der Waals surface area (Å²) in [5, 5.41) is 9.29. The Morgan fingerprint density at radius 2 is 1.65 bits per heavy atom. The van der Waals surface area contributed by atoms with Gasteiger partial charge in [-0.05, 0) is 66.1 Å². The fourth-order valence-corrected chi connectivity index (χ4v) is 5.64. The lowest BCUT2D eigenvalue weighted by Gasteiger charge is -2.09. The quantitative estimate of drug-likeness (QED) is 0.569. The largest absolute Gasteiger partial charge is 0.355 e. The van der Waals surface area contributed by atoms with Crippen LogP contribution in [0.15, 0.2) is 121 Å². The lowest BCUT2D eigenvalue weighted by Crippen LogP contribution is -2.14. The molecule has 0 radical (unpaired) electrons. The van der Waals surface area contributed by atoms with Gasteiger partial charge in [0.05, 0.1) is 56.1 Å². The van der Waals surface area contributed by atoms with Crippen molar-refractivity contribution in [1.82, 2.24) is 15.3 Å². The summed E-state index contributed by atoms with van der Waals surface area (Å²) in [5.74, 6) is 0. The van der Waals surface area contributed by atoms with Gasteiger partial charge in [0.25, 0.3) is 0 Å². The molecule has 8 heteroatoms. The van der Waals surface area contributed by atoms with Crippen molar-refractivity contribution in [3.63, 3.8) is 0 Å². The number of thiazole rings is 1. The van der Waals surface area contributed by atoms with Crippen LogP contribution in [0.5, 0.6) is 0 Å². The fourth-order valence-electron chi connectivity index (χ4n) is 4.20. The number of rotatable bonds is 1. The lowest BCUT2D eigenvalue weighted by atomic mass is 10.1. The van der Waals surface area contributed by atoms with Crippen LogP contribution in [0.1, 0.15) is 16.4 Å². The highest BCUT2D eigenvalue weighted by atomic mass is 32.2. The number of aromatic amines is 1. The third-order valence-electron chi connectivity index (χ3n) is 5.67. The molecule has 6 nitrogen and oxygen atoms in total. The summed E-state index contributed by atoms with van der Waals surface area (Å²) < 4.78 is 0. The zero-order valence-corrected chi connectivity index (χ0v) is 19.3. The van der Waals surface area contributed by atoms with Crippen molar-refractivity contribution in [2.75, 3.05) is 0 Å². The number of fused-ring (bicyclic) bond motifs is 5. The second-order valence-electron chi connectivity index (χ2n) is 7.86. The molecule has 34 heavy (non-hydrogen) atoms. The molecular formula is C26H16N6S2. The van der Waals surface area contributed by atoms with Crippen molar-refractivity contribution in [2.45, 2.75) is 0 Å². The summed E-state index contributed by atoms with van der Waals surface area (Å²) in [6.45, 7) is 0. The van der Waals surface area contributed by atoms with E-state index in [2.05, 4.69) is 33.5 Å². The Kier molecular flexibility index (Phi) is 4.46. The normalized spacial score (nSPS) is 22.2. The molecule has 0 unspecified atom stereocenters. The molecule has 0 saturated carbocycles. The van der Waals surface area contributed by atoms with Crippen LogP contribution < -0.4 is 5.32 Å². The van der Waals surface area contributed by atoms with E-state index in [0.29, 0.717) is 0 Å². The van der Waals surface area contributed by atoms with Gasteiger partial charge in [-0.1, -0.05) is 11.8 Å². The molecule has 0 spiro atoms. The molecule has 0 fully saturated rings. The van der Waals surface area contributed by atoms with E-state index in [0.717, 1.165) is 66.8 Å². The minimum atomic E-state index is 0.858. The summed E-state index contributed by atoms with van der Waals surface area (Å²) >= 11 is 3.24.